The van der Waals surface area contributed by atoms with Crippen LogP contribution in [0.4, 0.5) is 10.1 Å². The van der Waals surface area contributed by atoms with Crippen molar-refractivity contribution < 1.29 is 22.3 Å². The second-order valence-corrected chi connectivity index (χ2v) is 6.42. The van der Waals surface area contributed by atoms with Gasteiger partial charge in [0.15, 0.2) is 0 Å². The third-order valence-corrected chi connectivity index (χ3v) is 4.54. The monoisotopic (exact) mass is 338 g/mol. The molecule has 2 N–H and O–H groups in total. The van der Waals surface area contributed by atoms with E-state index in [1.807, 2.05) is 0 Å². The van der Waals surface area contributed by atoms with Gasteiger partial charge in [-0.25, -0.2) is 17.5 Å². The molecule has 0 aliphatic carbocycles. The van der Waals surface area contributed by atoms with E-state index in [-0.39, 0.29) is 10.5 Å². The lowest BCUT2D eigenvalue weighted by atomic mass is 10.2. The Hall–Kier alpha value is -2.45. The summed E-state index contributed by atoms with van der Waals surface area (Å²) in [6.07, 6.45) is 0. The van der Waals surface area contributed by atoms with Gasteiger partial charge in [-0.1, -0.05) is 0 Å². The number of benzene rings is 2. The third kappa shape index (κ3) is 3.85. The normalized spacial score (nSPS) is 11.1. The highest BCUT2D eigenvalue weighted by Crippen LogP contribution is 2.19. The van der Waals surface area contributed by atoms with Crippen molar-refractivity contribution in [3.05, 3.63) is 53.8 Å². The summed E-state index contributed by atoms with van der Waals surface area (Å²) in [5.41, 5.74) is 0.206. The zero-order valence-corrected chi connectivity index (χ0v) is 13.3. The van der Waals surface area contributed by atoms with Gasteiger partial charge in [-0.2, -0.15) is 0 Å². The fraction of sp³-hybridized carbons (Fsp3) is 0.133. The van der Waals surface area contributed by atoms with Crippen molar-refractivity contribution in [3.63, 3.8) is 0 Å². The number of halogens is 1. The maximum atomic E-state index is 13.8. The summed E-state index contributed by atoms with van der Waals surface area (Å²) in [5, 5.41) is 2.50. The predicted octanol–water partition coefficient (Wildman–Crippen LogP) is 1.99. The molecule has 0 heterocycles. The Morgan fingerprint density at radius 1 is 1.13 bits per heavy atom. The molecule has 0 aromatic heterocycles. The Morgan fingerprint density at radius 2 is 1.78 bits per heavy atom. The van der Waals surface area contributed by atoms with Crippen molar-refractivity contribution in [3.8, 4) is 5.75 Å². The largest absolute Gasteiger partial charge is 0.497 e. The van der Waals surface area contributed by atoms with Crippen molar-refractivity contribution in [1.82, 2.24) is 4.72 Å². The molecule has 23 heavy (non-hydrogen) atoms. The average Bonchev–Trinajstić information content (AvgIpc) is 2.55. The summed E-state index contributed by atoms with van der Waals surface area (Å²) in [7, 11) is -0.845. The molecule has 0 spiro atoms. The third-order valence-electron chi connectivity index (χ3n) is 3.11. The van der Waals surface area contributed by atoms with Crippen LogP contribution in [0, 0.1) is 5.82 Å². The van der Waals surface area contributed by atoms with Crippen LogP contribution in [0.5, 0.6) is 5.75 Å². The first kappa shape index (κ1) is 16.9. The molecule has 2 rings (SSSR count). The van der Waals surface area contributed by atoms with Crippen LogP contribution in [-0.2, 0) is 10.0 Å². The average molecular weight is 338 g/mol. The molecule has 0 unspecified atom stereocenters. The Kier molecular flexibility index (Phi) is 4.97. The molecule has 2 aromatic rings. The fourth-order valence-electron chi connectivity index (χ4n) is 1.84. The summed E-state index contributed by atoms with van der Waals surface area (Å²) in [5.74, 6) is -1.05. The first-order valence-electron chi connectivity index (χ1n) is 6.56. The number of anilines is 1. The number of hydrogen-bond acceptors (Lipinski definition) is 4. The van der Waals surface area contributed by atoms with Gasteiger partial charge in [-0.15, -0.1) is 0 Å². The second kappa shape index (κ2) is 6.76. The molecule has 0 aliphatic rings. The van der Waals surface area contributed by atoms with E-state index in [9.17, 15) is 17.6 Å². The molecule has 122 valence electrons. The lowest BCUT2D eigenvalue weighted by Crippen LogP contribution is -2.18. The number of carbonyl (C=O) groups is 1. The summed E-state index contributed by atoms with van der Waals surface area (Å²) in [6, 6.07) is 9.41. The molecular formula is C15H15FN2O4S. The summed E-state index contributed by atoms with van der Waals surface area (Å²) in [4.78, 5) is 12.1. The SMILES string of the molecule is CNS(=O)(=O)c1ccc(NC(=O)c2ccc(OC)cc2F)cc1. The quantitative estimate of drug-likeness (QED) is 0.873. The number of methoxy groups -OCH3 is 1. The van der Waals surface area contributed by atoms with Gasteiger partial charge >= 0.3 is 0 Å². The molecule has 2 aromatic carbocycles. The highest BCUT2D eigenvalue weighted by Gasteiger charge is 2.14. The summed E-state index contributed by atoms with van der Waals surface area (Å²) >= 11 is 0. The molecule has 0 atom stereocenters. The fourth-order valence-corrected chi connectivity index (χ4v) is 2.57. The zero-order chi connectivity index (χ0) is 17.0. The van der Waals surface area contributed by atoms with Gasteiger partial charge in [-0.05, 0) is 43.4 Å². The lowest BCUT2D eigenvalue weighted by molar-refractivity contribution is 0.102. The van der Waals surface area contributed by atoms with E-state index in [0.717, 1.165) is 6.07 Å². The topological polar surface area (TPSA) is 84.5 Å². The minimum atomic E-state index is -3.55. The number of hydrogen-bond donors (Lipinski definition) is 2. The van der Waals surface area contributed by atoms with Crippen molar-refractivity contribution in [1.29, 1.82) is 0 Å². The second-order valence-electron chi connectivity index (χ2n) is 4.53. The number of amides is 1. The first-order chi connectivity index (χ1) is 10.9. The Labute approximate surface area is 133 Å². The molecule has 6 nitrogen and oxygen atoms in total. The number of ether oxygens (including phenoxy) is 1. The van der Waals surface area contributed by atoms with E-state index >= 15 is 0 Å². The van der Waals surface area contributed by atoms with Gasteiger partial charge in [0.1, 0.15) is 11.6 Å². The van der Waals surface area contributed by atoms with Crippen molar-refractivity contribution in [2.24, 2.45) is 0 Å². The van der Waals surface area contributed by atoms with Gasteiger partial charge in [0, 0.05) is 11.8 Å². The highest BCUT2D eigenvalue weighted by atomic mass is 32.2. The van der Waals surface area contributed by atoms with Crippen LogP contribution in [0.15, 0.2) is 47.4 Å². The van der Waals surface area contributed by atoms with E-state index in [4.69, 9.17) is 4.74 Å². The highest BCUT2D eigenvalue weighted by molar-refractivity contribution is 7.89. The van der Waals surface area contributed by atoms with Gasteiger partial charge in [0.05, 0.1) is 17.6 Å². The zero-order valence-electron chi connectivity index (χ0n) is 12.5. The minimum absolute atomic E-state index is 0.0635. The maximum Gasteiger partial charge on any atom is 0.258 e. The van der Waals surface area contributed by atoms with E-state index in [1.165, 1.54) is 50.6 Å². The number of carbonyl (C=O) groups excluding carboxylic acids is 1. The number of nitrogens with one attached hydrogen (secondary N) is 2. The molecule has 0 saturated heterocycles. The van der Waals surface area contributed by atoms with Crippen molar-refractivity contribution >= 4 is 21.6 Å². The molecule has 0 radical (unpaired) electrons. The van der Waals surface area contributed by atoms with E-state index in [2.05, 4.69) is 10.0 Å². The number of sulfonamides is 1. The standard InChI is InChI=1S/C15H15FN2O4S/c1-17-23(20,21)12-6-3-10(4-7-12)18-15(19)13-8-5-11(22-2)9-14(13)16/h3-9,17H,1-2H3,(H,18,19). The van der Waals surface area contributed by atoms with E-state index in [0.29, 0.717) is 11.4 Å². The van der Waals surface area contributed by atoms with Crippen LogP contribution in [-0.4, -0.2) is 28.5 Å². The van der Waals surface area contributed by atoms with Gasteiger partial charge in [0.25, 0.3) is 5.91 Å². The molecule has 8 heteroatoms. The molecule has 0 fully saturated rings. The molecular weight excluding hydrogens is 323 g/mol. The number of rotatable bonds is 5. The molecule has 0 saturated carbocycles. The van der Waals surface area contributed by atoms with Crippen LogP contribution in [0.1, 0.15) is 10.4 Å². The maximum absolute atomic E-state index is 13.8. The predicted molar refractivity (Wildman–Crippen MR) is 83.6 cm³/mol. The van der Waals surface area contributed by atoms with Crippen LogP contribution >= 0.6 is 0 Å². The van der Waals surface area contributed by atoms with Crippen molar-refractivity contribution in [2.75, 3.05) is 19.5 Å². The lowest BCUT2D eigenvalue weighted by Gasteiger charge is -2.08. The van der Waals surface area contributed by atoms with Crippen LogP contribution in [0.25, 0.3) is 0 Å². The van der Waals surface area contributed by atoms with Crippen LogP contribution in [0.3, 0.4) is 0 Å². The Balaban J connectivity index is 2.18. The minimum Gasteiger partial charge on any atom is -0.497 e. The van der Waals surface area contributed by atoms with Gasteiger partial charge in [-0.3, -0.25) is 4.79 Å². The molecule has 1 amide bonds. The van der Waals surface area contributed by atoms with Crippen LogP contribution < -0.4 is 14.8 Å². The molecule has 0 bridgehead atoms. The van der Waals surface area contributed by atoms with Crippen LogP contribution in [0.2, 0.25) is 0 Å². The summed E-state index contributed by atoms with van der Waals surface area (Å²) < 4.78 is 44.1. The van der Waals surface area contributed by atoms with E-state index in [1.54, 1.807) is 0 Å². The van der Waals surface area contributed by atoms with E-state index < -0.39 is 21.7 Å². The van der Waals surface area contributed by atoms with Gasteiger partial charge in [0.2, 0.25) is 10.0 Å². The Morgan fingerprint density at radius 3 is 2.30 bits per heavy atom. The van der Waals surface area contributed by atoms with Gasteiger partial charge < -0.3 is 10.1 Å². The smallest absolute Gasteiger partial charge is 0.258 e. The first-order valence-corrected chi connectivity index (χ1v) is 8.04. The summed E-state index contributed by atoms with van der Waals surface area (Å²) in [6.45, 7) is 0. The molecule has 0 aliphatic heterocycles. The Bertz CT molecular complexity index is 820. The van der Waals surface area contributed by atoms with Crippen molar-refractivity contribution in [2.45, 2.75) is 4.90 Å².